The summed E-state index contributed by atoms with van der Waals surface area (Å²) in [6.07, 6.45) is 1.52. The Balaban J connectivity index is 1.56. The van der Waals surface area contributed by atoms with E-state index in [2.05, 4.69) is 26.5 Å². The first-order valence-corrected chi connectivity index (χ1v) is 9.56. The Kier molecular flexibility index (Phi) is 5.22. The van der Waals surface area contributed by atoms with Gasteiger partial charge in [0.15, 0.2) is 17.3 Å². The van der Waals surface area contributed by atoms with E-state index < -0.39 is 5.91 Å². The molecule has 3 aromatic carbocycles. The second kappa shape index (κ2) is 7.97. The van der Waals surface area contributed by atoms with Crippen LogP contribution in [0.2, 0.25) is 0 Å². The number of halogens is 1. The van der Waals surface area contributed by atoms with Crippen molar-refractivity contribution in [3.63, 3.8) is 0 Å². The number of methoxy groups -OCH3 is 2. The summed E-state index contributed by atoms with van der Waals surface area (Å²) in [5, 5.41) is 7.03. The number of carbonyl (C=O) groups is 1. The van der Waals surface area contributed by atoms with Crippen LogP contribution in [0.4, 0.5) is 0 Å². The SMILES string of the molecule is COc1cc(C=NNC(=O)c2cc3c(ccc4ccccc43)o2)cc(Br)c1OC. The molecule has 0 unspecified atom stereocenters. The van der Waals surface area contributed by atoms with Gasteiger partial charge in [-0.15, -0.1) is 0 Å². The molecule has 0 spiro atoms. The van der Waals surface area contributed by atoms with E-state index in [1.165, 1.54) is 6.21 Å². The summed E-state index contributed by atoms with van der Waals surface area (Å²) in [5.74, 6) is 0.907. The number of fused-ring (bicyclic) bond motifs is 3. The Hall–Kier alpha value is -3.32. The molecule has 0 saturated carbocycles. The van der Waals surface area contributed by atoms with E-state index in [-0.39, 0.29) is 5.76 Å². The molecule has 0 radical (unpaired) electrons. The van der Waals surface area contributed by atoms with Gasteiger partial charge in [0.25, 0.3) is 0 Å². The second-order valence-corrected chi connectivity index (χ2v) is 7.10. The minimum Gasteiger partial charge on any atom is -0.493 e. The van der Waals surface area contributed by atoms with Crippen LogP contribution in [0.25, 0.3) is 21.7 Å². The van der Waals surface area contributed by atoms with E-state index in [1.54, 1.807) is 26.4 Å². The summed E-state index contributed by atoms with van der Waals surface area (Å²) >= 11 is 3.43. The number of hydrogen-bond acceptors (Lipinski definition) is 5. The molecular weight excluding hydrogens is 436 g/mol. The van der Waals surface area contributed by atoms with Gasteiger partial charge >= 0.3 is 5.91 Å². The normalized spacial score (nSPS) is 11.3. The number of furan rings is 1. The molecule has 0 aliphatic rings. The highest BCUT2D eigenvalue weighted by atomic mass is 79.9. The largest absolute Gasteiger partial charge is 0.493 e. The van der Waals surface area contributed by atoms with Crippen molar-refractivity contribution in [3.8, 4) is 11.5 Å². The van der Waals surface area contributed by atoms with Gasteiger partial charge in [0.2, 0.25) is 0 Å². The van der Waals surface area contributed by atoms with Crippen LogP contribution >= 0.6 is 15.9 Å². The highest BCUT2D eigenvalue weighted by molar-refractivity contribution is 9.10. The van der Waals surface area contributed by atoms with Crippen LogP contribution in [-0.2, 0) is 0 Å². The average molecular weight is 453 g/mol. The van der Waals surface area contributed by atoms with E-state index >= 15 is 0 Å². The molecule has 0 atom stereocenters. The van der Waals surface area contributed by atoms with Crippen molar-refractivity contribution < 1.29 is 18.7 Å². The minimum atomic E-state index is -0.430. The van der Waals surface area contributed by atoms with Crippen molar-refractivity contribution in [2.24, 2.45) is 5.10 Å². The van der Waals surface area contributed by atoms with Gasteiger partial charge in [-0.25, -0.2) is 5.43 Å². The first-order chi connectivity index (χ1) is 14.1. The van der Waals surface area contributed by atoms with Gasteiger partial charge in [-0.2, -0.15) is 5.10 Å². The van der Waals surface area contributed by atoms with Crippen molar-refractivity contribution >= 4 is 49.8 Å². The molecule has 0 bridgehead atoms. The topological polar surface area (TPSA) is 73.1 Å². The van der Waals surface area contributed by atoms with Crippen LogP contribution in [0.1, 0.15) is 16.1 Å². The van der Waals surface area contributed by atoms with Gasteiger partial charge in [0, 0.05) is 5.39 Å². The average Bonchev–Trinajstić information content (AvgIpc) is 3.18. The fraction of sp³-hybridized carbons (Fsp3) is 0.0909. The fourth-order valence-corrected chi connectivity index (χ4v) is 3.76. The number of hydrogen-bond donors (Lipinski definition) is 1. The molecule has 146 valence electrons. The Morgan fingerprint density at radius 1 is 1.07 bits per heavy atom. The molecule has 1 amide bonds. The van der Waals surface area contributed by atoms with Crippen LogP contribution in [0.3, 0.4) is 0 Å². The number of benzene rings is 3. The van der Waals surface area contributed by atoms with Crippen molar-refractivity contribution in [1.29, 1.82) is 0 Å². The molecule has 1 aromatic heterocycles. The molecule has 1 N–H and O–H groups in total. The van der Waals surface area contributed by atoms with Crippen LogP contribution in [-0.4, -0.2) is 26.3 Å². The summed E-state index contributed by atoms with van der Waals surface area (Å²) in [7, 11) is 3.12. The summed E-state index contributed by atoms with van der Waals surface area (Å²) in [4.78, 5) is 12.5. The number of rotatable bonds is 5. The molecule has 29 heavy (non-hydrogen) atoms. The van der Waals surface area contributed by atoms with E-state index in [1.807, 2.05) is 42.5 Å². The third kappa shape index (κ3) is 3.69. The maximum absolute atomic E-state index is 12.5. The van der Waals surface area contributed by atoms with Gasteiger partial charge in [-0.1, -0.05) is 30.3 Å². The quantitative estimate of drug-likeness (QED) is 0.336. The summed E-state index contributed by atoms with van der Waals surface area (Å²) in [5.41, 5.74) is 3.87. The lowest BCUT2D eigenvalue weighted by Gasteiger charge is -2.10. The van der Waals surface area contributed by atoms with E-state index in [0.29, 0.717) is 17.1 Å². The maximum atomic E-state index is 12.5. The maximum Gasteiger partial charge on any atom is 0.307 e. The van der Waals surface area contributed by atoms with Gasteiger partial charge in [0.05, 0.1) is 24.9 Å². The summed E-state index contributed by atoms with van der Waals surface area (Å²) in [6, 6.07) is 17.1. The van der Waals surface area contributed by atoms with Crippen molar-refractivity contribution in [2.45, 2.75) is 0 Å². The van der Waals surface area contributed by atoms with Crippen molar-refractivity contribution in [3.05, 3.63) is 70.4 Å². The fourth-order valence-electron chi connectivity index (χ4n) is 3.14. The number of amides is 1. The molecule has 4 aromatic rings. The molecule has 0 fully saturated rings. The Bertz CT molecular complexity index is 1250. The smallest absolute Gasteiger partial charge is 0.307 e. The first kappa shape index (κ1) is 19.0. The molecule has 7 heteroatoms. The van der Waals surface area contributed by atoms with E-state index in [4.69, 9.17) is 13.9 Å². The minimum absolute atomic E-state index is 0.196. The van der Waals surface area contributed by atoms with Gasteiger partial charge in [0.1, 0.15) is 5.58 Å². The molecule has 4 rings (SSSR count). The highest BCUT2D eigenvalue weighted by Gasteiger charge is 2.14. The zero-order valence-corrected chi connectivity index (χ0v) is 17.3. The van der Waals surface area contributed by atoms with Gasteiger partial charge < -0.3 is 13.9 Å². The van der Waals surface area contributed by atoms with Crippen LogP contribution in [0, 0.1) is 0 Å². The second-order valence-electron chi connectivity index (χ2n) is 6.25. The number of carbonyl (C=O) groups excluding carboxylic acids is 1. The van der Waals surface area contributed by atoms with E-state index in [9.17, 15) is 4.79 Å². The van der Waals surface area contributed by atoms with Gasteiger partial charge in [-0.3, -0.25) is 4.79 Å². The predicted octanol–water partition coefficient (Wildman–Crippen LogP) is 5.13. The number of nitrogens with zero attached hydrogens (tertiary/aromatic N) is 1. The molecule has 6 nitrogen and oxygen atoms in total. The van der Waals surface area contributed by atoms with Crippen molar-refractivity contribution in [2.75, 3.05) is 14.2 Å². The highest BCUT2D eigenvalue weighted by Crippen LogP contribution is 2.35. The Morgan fingerprint density at radius 2 is 1.90 bits per heavy atom. The Labute approximate surface area is 175 Å². The molecular formula is C22H17BrN2O4. The lowest BCUT2D eigenvalue weighted by atomic mass is 10.1. The number of hydrazone groups is 1. The molecule has 0 aliphatic carbocycles. The first-order valence-electron chi connectivity index (χ1n) is 8.77. The van der Waals surface area contributed by atoms with E-state index in [0.717, 1.165) is 26.2 Å². The number of nitrogens with one attached hydrogen (secondary N) is 1. The molecule has 0 aliphatic heterocycles. The standard InChI is InChI=1S/C22H17BrN2O4/c1-27-19-10-13(9-17(23)21(19)28-2)12-24-25-22(26)20-11-16-15-6-4-3-5-14(15)7-8-18(16)29-20/h3-12H,1-2H3,(H,25,26). The van der Waals surface area contributed by atoms with Crippen LogP contribution in [0.5, 0.6) is 11.5 Å². The predicted molar refractivity (Wildman–Crippen MR) is 116 cm³/mol. The third-order valence-electron chi connectivity index (χ3n) is 4.49. The lowest BCUT2D eigenvalue weighted by Crippen LogP contribution is -2.16. The van der Waals surface area contributed by atoms with Gasteiger partial charge in [-0.05, 0) is 56.5 Å². The molecule has 1 heterocycles. The Morgan fingerprint density at radius 3 is 2.69 bits per heavy atom. The molecule has 0 saturated heterocycles. The summed E-state index contributed by atoms with van der Waals surface area (Å²) in [6.45, 7) is 0. The number of ether oxygens (including phenoxy) is 2. The van der Waals surface area contributed by atoms with Crippen molar-refractivity contribution in [1.82, 2.24) is 5.43 Å². The zero-order valence-electron chi connectivity index (χ0n) is 15.7. The summed E-state index contributed by atoms with van der Waals surface area (Å²) < 4.78 is 17.0. The monoisotopic (exact) mass is 452 g/mol. The zero-order chi connectivity index (χ0) is 20.4. The van der Waals surface area contributed by atoms with Crippen LogP contribution in [0.15, 0.2) is 68.6 Å². The third-order valence-corrected chi connectivity index (χ3v) is 5.07. The van der Waals surface area contributed by atoms with Crippen LogP contribution < -0.4 is 14.9 Å². The lowest BCUT2D eigenvalue weighted by molar-refractivity contribution is 0.0929.